The molecule has 2 nitrogen and oxygen atoms in total. The Morgan fingerprint density at radius 3 is 2.50 bits per heavy atom. The van der Waals surface area contributed by atoms with Crippen molar-refractivity contribution >= 4 is 5.71 Å². The molecule has 86 valence electrons. The number of nitrogens with zero attached hydrogens (tertiary/aromatic N) is 1. The van der Waals surface area contributed by atoms with Crippen molar-refractivity contribution in [1.82, 2.24) is 5.32 Å². The Morgan fingerprint density at radius 2 is 2.00 bits per heavy atom. The molecule has 0 aliphatic carbocycles. The van der Waals surface area contributed by atoms with Crippen molar-refractivity contribution < 1.29 is 0 Å². The van der Waals surface area contributed by atoms with E-state index in [2.05, 4.69) is 23.5 Å². The Hall–Kier alpha value is -1.83. The van der Waals surface area contributed by atoms with Crippen LogP contribution in [0.1, 0.15) is 13.8 Å². The highest BCUT2D eigenvalue weighted by molar-refractivity contribution is 6.08. The average molecular weight is 216 g/mol. The van der Waals surface area contributed by atoms with Gasteiger partial charge >= 0.3 is 0 Å². The molecule has 0 saturated heterocycles. The first-order chi connectivity index (χ1) is 7.79. The third-order valence-electron chi connectivity index (χ3n) is 1.68. The summed E-state index contributed by atoms with van der Waals surface area (Å²) in [4.78, 5) is 4.34. The van der Waals surface area contributed by atoms with E-state index in [4.69, 9.17) is 0 Å². The first-order valence-electron chi connectivity index (χ1n) is 5.29. The topological polar surface area (TPSA) is 24.4 Å². The molecule has 2 heteroatoms. The molecule has 0 amide bonds. The molecule has 0 bridgehead atoms. The van der Waals surface area contributed by atoms with Crippen LogP contribution in [0, 0.1) is 0 Å². The molecule has 0 saturated carbocycles. The summed E-state index contributed by atoms with van der Waals surface area (Å²) >= 11 is 0. The summed E-state index contributed by atoms with van der Waals surface area (Å²) in [6.07, 6.45) is 13.0. The lowest BCUT2D eigenvalue weighted by Gasteiger charge is -2.08. The minimum absolute atomic E-state index is 0.700. The van der Waals surface area contributed by atoms with Gasteiger partial charge < -0.3 is 5.32 Å². The smallest absolute Gasteiger partial charge is 0.0857 e. The Bertz CT molecular complexity index is 331. The second-order valence-electron chi connectivity index (χ2n) is 2.98. The quantitative estimate of drug-likeness (QED) is 0.394. The predicted octanol–water partition coefficient (Wildman–Crippen LogP) is 3.38. The maximum atomic E-state index is 4.34. The second kappa shape index (κ2) is 9.71. The zero-order valence-electron chi connectivity index (χ0n) is 10.1. The molecule has 0 heterocycles. The highest BCUT2D eigenvalue weighted by atomic mass is 14.9. The fourth-order valence-electron chi connectivity index (χ4n) is 1.05. The maximum Gasteiger partial charge on any atom is 0.0857 e. The van der Waals surface area contributed by atoms with Gasteiger partial charge in [0.15, 0.2) is 0 Å². The fraction of sp³-hybridized carbons (Fsp3) is 0.214. The molecular weight excluding hydrogens is 196 g/mol. The largest absolute Gasteiger partial charge is 0.380 e. The number of hydrogen-bond donors (Lipinski definition) is 1. The van der Waals surface area contributed by atoms with E-state index < -0.39 is 0 Å². The van der Waals surface area contributed by atoms with E-state index >= 15 is 0 Å². The van der Waals surface area contributed by atoms with Crippen LogP contribution in [-0.2, 0) is 0 Å². The molecule has 0 atom stereocenters. The third kappa shape index (κ3) is 5.81. The lowest BCUT2D eigenvalue weighted by atomic mass is 10.2. The molecule has 16 heavy (non-hydrogen) atoms. The normalized spacial score (nSPS) is 13.4. The van der Waals surface area contributed by atoms with Crippen LogP contribution in [0.25, 0.3) is 0 Å². The van der Waals surface area contributed by atoms with E-state index in [1.165, 1.54) is 0 Å². The lowest BCUT2D eigenvalue weighted by Crippen LogP contribution is -2.19. The molecule has 1 N–H and O–H groups in total. The fourth-order valence-corrected chi connectivity index (χ4v) is 1.05. The number of allylic oxidation sites excluding steroid dienone is 5. The lowest BCUT2D eigenvalue weighted by molar-refractivity contribution is 0.952. The van der Waals surface area contributed by atoms with Gasteiger partial charge in [0.2, 0.25) is 0 Å². The van der Waals surface area contributed by atoms with Gasteiger partial charge in [-0.3, -0.25) is 4.99 Å². The number of hydrogen-bond acceptors (Lipinski definition) is 2. The highest BCUT2D eigenvalue weighted by Gasteiger charge is 2.00. The van der Waals surface area contributed by atoms with E-state index in [0.29, 0.717) is 6.54 Å². The van der Waals surface area contributed by atoms with Crippen LogP contribution in [0.4, 0.5) is 0 Å². The van der Waals surface area contributed by atoms with Crippen molar-refractivity contribution in [3.05, 3.63) is 61.5 Å². The average Bonchev–Trinajstić information content (AvgIpc) is 2.30. The Kier molecular flexibility index (Phi) is 8.60. The summed E-state index contributed by atoms with van der Waals surface area (Å²) in [5.41, 5.74) is 1.81. The molecule has 0 unspecified atom stereocenters. The van der Waals surface area contributed by atoms with Gasteiger partial charge in [-0.05, 0) is 26.0 Å². The summed E-state index contributed by atoms with van der Waals surface area (Å²) in [6, 6.07) is 0. The van der Waals surface area contributed by atoms with Gasteiger partial charge in [-0.25, -0.2) is 0 Å². The molecule has 0 fully saturated rings. The number of aliphatic imine (C=N–C) groups is 1. The summed E-state index contributed by atoms with van der Waals surface area (Å²) in [7, 11) is 0. The highest BCUT2D eigenvalue weighted by Crippen LogP contribution is 1.99. The van der Waals surface area contributed by atoms with Gasteiger partial charge in [0.25, 0.3) is 0 Å². The van der Waals surface area contributed by atoms with E-state index in [1.807, 2.05) is 38.2 Å². The first kappa shape index (κ1) is 14.2. The zero-order chi connectivity index (χ0) is 12.2. The molecule has 0 spiro atoms. The number of nitrogens with one attached hydrogen (secondary N) is 1. The molecule has 0 aliphatic rings. The monoisotopic (exact) mass is 216 g/mol. The van der Waals surface area contributed by atoms with Crippen molar-refractivity contribution in [3.63, 3.8) is 0 Å². The van der Waals surface area contributed by atoms with E-state index in [1.54, 1.807) is 18.4 Å². The van der Waals surface area contributed by atoms with Gasteiger partial charge in [0, 0.05) is 12.7 Å². The van der Waals surface area contributed by atoms with Crippen molar-refractivity contribution in [1.29, 1.82) is 0 Å². The van der Waals surface area contributed by atoms with Gasteiger partial charge in [-0.2, -0.15) is 0 Å². The van der Waals surface area contributed by atoms with E-state index in [-0.39, 0.29) is 0 Å². The van der Waals surface area contributed by atoms with E-state index in [9.17, 15) is 0 Å². The van der Waals surface area contributed by atoms with Gasteiger partial charge in [-0.1, -0.05) is 30.9 Å². The van der Waals surface area contributed by atoms with Crippen LogP contribution in [0.3, 0.4) is 0 Å². The summed E-state index contributed by atoms with van der Waals surface area (Å²) in [5.74, 6) is 0. The molecular formula is C14H20N2. The van der Waals surface area contributed by atoms with Crippen LogP contribution in [-0.4, -0.2) is 12.3 Å². The minimum atomic E-state index is 0.700. The second-order valence-corrected chi connectivity index (χ2v) is 2.98. The van der Waals surface area contributed by atoms with Crippen LogP contribution in [0.5, 0.6) is 0 Å². The molecule has 0 aromatic rings. The van der Waals surface area contributed by atoms with Crippen molar-refractivity contribution in [2.75, 3.05) is 6.54 Å². The molecule has 0 aliphatic heterocycles. The van der Waals surface area contributed by atoms with Gasteiger partial charge in [0.05, 0.1) is 11.4 Å². The van der Waals surface area contributed by atoms with Crippen LogP contribution in [0.15, 0.2) is 66.5 Å². The minimum Gasteiger partial charge on any atom is -0.380 e. The third-order valence-corrected chi connectivity index (χ3v) is 1.68. The number of rotatable bonds is 7. The predicted molar refractivity (Wildman–Crippen MR) is 73.5 cm³/mol. The molecule has 0 aromatic carbocycles. The van der Waals surface area contributed by atoms with Crippen LogP contribution >= 0.6 is 0 Å². The maximum absolute atomic E-state index is 4.34. The standard InChI is InChI=1S/C14H20N2/c1-5-9-13(15-11-7-3)14(10-6-2)16-12-8-4/h5-10,12,15H,1,3,11H2,2,4H3/b10-6-,12-8-,13-9-,16-14+. The molecule has 0 aromatic heterocycles. The first-order valence-corrected chi connectivity index (χ1v) is 5.29. The van der Waals surface area contributed by atoms with Gasteiger partial charge in [0.1, 0.15) is 0 Å². The van der Waals surface area contributed by atoms with Crippen molar-refractivity contribution in [3.8, 4) is 0 Å². The Labute approximate surface area is 98.5 Å². The molecule has 0 rings (SSSR count). The van der Waals surface area contributed by atoms with Crippen molar-refractivity contribution in [2.45, 2.75) is 13.8 Å². The zero-order valence-corrected chi connectivity index (χ0v) is 10.1. The SMILES string of the molecule is C=C/C=C(NCC=C)/C(/C=C\C)=N/C=C\C. The summed E-state index contributed by atoms with van der Waals surface area (Å²) in [5, 5.41) is 3.22. The Balaban J connectivity index is 5.01. The van der Waals surface area contributed by atoms with Crippen LogP contribution in [0.2, 0.25) is 0 Å². The van der Waals surface area contributed by atoms with E-state index in [0.717, 1.165) is 11.4 Å². The van der Waals surface area contributed by atoms with Crippen molar-refractivity contribution in [2.24, 2.45) is 4.99 Å². The van der Waals surface area contributed by atoms with Crippen LogP contribution < -0.4 is 5.32 Å². The summed E-state index contributed by atoms with van der Waals surface area (Å²) < 4.78 is 0. The van der Waals surface area contributed by atoms with Gasteiger partial charge in [-0.15, -0.1) is 6.58 Å². The summed E-state index contributed by atoms with van der Waals surface area (Å²) in [6.45, 7) is 12.0. The molecule has 0 radical (unpaired) electrons. The Morgan fingerprint density at radius 1 is 1.25 bits per heavy atom.